The normalized spacial score (nSPS) is 16.8. The van der Waals surface area contributed by atoms with Gasteiger partial charge in [0.15, 0.2) is 0 Å². The van der Waals surface area contributed by atoms with Crippen molar-refractivity contribution < 1.29 is 9.32 Å². The molecule has 0 aliphatic heterocycles. The van der Waals surface area contributed by atoms with Gasteiger partial charge in [-0.2, -0.15) is 5.10 Å². The third kappa shape index (κ3) is 3.00. The van der Waals surface area contributed by atoms with Crippen molar-refractivity contribution in [3.8, 4) is 0 Å². The van der Waals surface area contributed by atoms with Crippen LogP contribution in [0.4, 0.5) is 0 Å². The van der Waals surface area contributed by atoms with Crippen LogP contribution in [0.25, 0.3) is 11.1 Å². The summed E-state index contributed by atoms with van der Waals surface area (Å²) in [6, 6.07) is 1.91. The van der Waals surface area contributed by atoms with E-state index in [0.29, 0.717) is 41.2 Å². The Hall–Kier alpha value is -2.41. The number of amides is 1. The highest BCUT2D eigenvalue weighted by molar-refractivity contribution is 6.31. The molecule has 27 heavy (non-hydrogen) atoms. The van der Waals surface area contributed by atoms with Gasteiger partial charge in [0, 0.05) is 24.1 Å². The van der Waals surface area contributed by atoms with Crippen LogP contribution in [0.5, 0.6) is 0 Å². The van der Waals surface area contributed by atoms with Gasteiger partial charge >= 0.3 is 0 Å². The summed E-state index contributed by atoms with van der Waals surface area (Å²) in [5, 5.41) is 12.7. The molecule has 1 N–H and O–H groups in total. The van der Waals surface area contributed by atoms with E-state index in [4.69, 9.17) is 16.1 Å². The van der Waals surface area contributed by atoms with Crippen LogP contribution in [0.1, 0.15) is 71.9 Å². The van der Waals surface area contributed by atoms with E-state index < -0.39 is 0 Å². The molecule has 0 bridgehead atoms. The molecule has 0 unspecified atom stereocenters. The fraction of sp³-hybridized carbons (Fsp3) is 0.474. The first-order valence-corrected chi connectivity index (χ1v) is 9.82. The average Bonchev–Trinajstić information content (AvgIpc) is 3.61. The fourth-order valence-corrected chi connectivity index (χ4v) is 3.70. The quantitative estimate of drug-likeness (QED) is 0.697. The highest BCUT2D eigenvalue weighted by atomic mass is 35.5. The lowest BCUT2D eigenvalue weighted by molar-refractivity contribution is 0.0951. The summed E-state index contributed by atoms with van der Waals surface area (Å²) in [6.45, 7) is 3.00. The van der Waals surface area contributed by atoms with Crippen LogP contribution >= 0.6 is 11.6 Å². The van der Waals surface area contributed by atoms with Gasteiger partial charge in [-0.25, -0.2) is 4.98 Å². The molecule has 5 rings (SSSR count). The molecule has 2 fully saturated rings. The van der Waals surface area contributed by atoms with Crippen molar-refractivity contribution in [1.82, 2.24) is 25.2 Å². The zero-order valence-corrected chi connectivity index (χ0v) is 15.8. The lowest BCUT2D eigenvalue weighted by atomic mass is 10.1. The molecule has 0 radical (unpaired) electrons. The number of rotatable bonds is 6. The maximum atomic E-state index is 13.1. The van der Waals surface area contributed by atoms with Crippen LogP contribution in [0.15, 0.2) is 16.8 Å². The molecule has 140 valence electrons. The number of fused-ring (bicyclic) bond motifs is 1. The van der Waals surface area contributed by atoms with Gasteiger partial charge in [0.1, 0.15) is 0 Å². The second-order valence-corrected chi connectivity index (χ2v) is 7.74. The largest absolute Gasteiger partial charge is 0.346 e. The number of carbonyl (C=O) groups is 1. The molecule has 3 aromatic heterocycles. The molecule has 0 atom stereocenters. The van der Waals surface area contributed by atoms with Crippen molar-refractivity contribution in [3.63, 3.8) is 0 Å². The lowest BCUT2D eigenvalue weighted by Crippen LogP contribution is -2.25. The Labute approximate surface area is 161 Å². The van der Waals surface area contributed by atoms with Crippen molar-refractivity contribution in [1.29, 1.82) is 0 Å². The highest BCUT2D eigenvalue weighted by Gasteiger charge is 2.34. The topological polar surface area (TPSA) is 85.8 Å². The smallest absolute Gasteiger partial charge is 0.259 e. The average molecular weight is 386 g/mol. The van der Waals surface area contributed by atoms with Gasteiger partial charge in [0.25, 0.3) is 11.6 Å². The van der Waals surface area contributed by atoms with E-state index in [1.807, 2.05) is 13.0 Å². The van der Waals surface area contributed by atoms with E-state index in [1.165, 1.54) is 0 Å². The van der Waals surface area contributed by atoms with Crippen LogP contribution in [0.2, 0.25) is 5.02 Å². The van der Waals surface area contributed by atoms with E-state index in [1.54, 1.807) is 10.9 Å². The van der Waals surface area contributed by atoms with E-state index in [-0.39, 0.29) is 5.91 Å². The number of hydrogen-bond acceptors (Lipinski definition) is 5. The summed E-state index contributed by atoms with van der Waals surface area (Å²) in [4.78, 5) is 17.7. The van der Waals surface area contributed by atoms with E-state index >= 15 is 0 Å². The van der Waals surface area contributed by atoms with Crippen LogP contribution < -0.4 is 5.32 Å². The van der Waals surface area contributed by atoms with Gasteiger partial charge in [-0.1, -0.05) is 16.8 Å². The third-order valence-electron chi connectivity index (χ3n) is 5.31. The standard InChI is InChI=1S/C19H20ClN5O2/c1-2-25-15(13(20)8-22-25)9-21-18(26)12-7-14(10-3-4-10)23-19-16(12)17(24-27-19)11-5-6-11/h7-8,10-11H,2-6,9H2,1H3,(H,21,26). The highest BCUT2D eigenvalue weighted by Crippen LogP contribution is 2.45. The first-order valence-electron chi connectivity index (χ1n) is 9.44. The summed E-state index contributed by atoms with van der Waals surface area (Å²) >= 11 is 6.21. The van der Waals surface area contributed by atoms with Crippen molar-refractivity contribution in [2.24, 2.45) is 0 Å². The SMILES string of the molecule is CCn1ncc(Cl)c1CNC(=O)c1cc(C2CC2)nc2onc(C3CC3)c12. The minimum absolute atomic E-state index is 0.158. The number of nitrogens with one attached hydrogen (secondary N) is 1. The summed E-state index contributed by atoms with van der Waals surface area (Å²) in [5.74, 6) is 0.642. The number of hydrogen-bond donors (Lipinski definition) is 1. The number of nitrogens with zero attached hydrogens (tertiary/aromatic N) is 4. The first-order chi connectivity index (χ1) is 13.2. The molecular weight excluding hydrogens is 366 g/mol. The molecule has 8 heteroatoms. The van der Waals surface area contributed by atoms with Gasteiger partial charge in [0.05, 0.1) is 40.1 Å². The zero-order valence-electron chi connectivity index (χ0n) is 15.0. The van der Waals surface area contributed by atoms with E-state index in [0.717, 1.165) is 48.2 Å². The molecule has 3 heterocycles. The monoisotopic (exact) mass is 385 g/mol. The maximum Gasteiger partial charge on any atom is 0.259 e. The van der Waals surface area contributed by atoms with Gasteiger partial charge in [0.2, 0.25) is 0 Å². The van der Waals surface area contributed by atoms with E-state index in [2.05, 4.69) is 20.6 Å². The Morgan fingerprint density at radius 2 is 2.11 bits per heavy atom. The summed E-state index contributed by atoms with van der Waals surface area (Å²) in [6.07, 6.45) is 5.98. The van der Waals surface area contributed by atoms with Crippen molar-refractivity contribution in [2.75, 3.05) is 0 Å². The third-order valence-corrected chi connectivity index (χ3v) is 5.63. The number of pyridine rings is 1. The van der Waals surface area contributed by atoms with Gasteiger partial charge in [-0.05, 0) is 38.7 Å². The summed E-state index contributed by atoms with van der Waals surface area (Å²) in [7, 11) is 0. The predicted octanol–water partition coefficient (Wildman–Crippen LogP) is 3.78. The summed E-state index contributed by atoms with van der Waals surface area (Å²) < 4.78 is 7.28. The number of aryl methyl sites for hydroxylation is 1. The Kier molecular flexibility index (Phi) is 3.93. The Morgan fingerprint density at radius 1 is 1.33 bits per heavy atom. The van der Waals surface area contributed by atoms with Crippen LogP contribution in [0, 0.1) is 0 Å². The Morgan fingerprint density at radius 3 is 2.81 bits per heavy atom. The van der Waals surface area contributed by atoms with Crippen molar-refractivity contribution >= 4 is 28.6 Å². The molecule has 0 aromatic carbocycles. The molecular formula is C19H20ClN5O2. The Balaban J connectivity index is 1.49. The molecule has 1 amide bonds. The molecule has 0 saturated heterocycles. The second-order valence-electron chi connectivity index (χ2n) is 7.33. The number of aromatic nitrogens is 4. The molecule has 2 saturated carbocycles. The molecule has 0 spiro atoms. The van der Waals surface area contributed by atoms with E-state index in [9.17, 15) is 4.79 Å². The van der Waals surface area contributed by atoms with Gasteiger partial charge in [-0.15, -0.1) is 0 Å². The van der Waals surface area contributed by atoms with Crippen LogP contribution in [-0.2, 0) is 13.1 Å². The Bertz CT molecular complexity index is 1030. The molecule has 7 nitrogen and oxygen atoms in total. The zero-order chi connectivity index (χ0) is 18.5. The molecule has 2 aliphatic carbocycles. The summed E-state index contributed by atoms with van der Waals surface area (Å²) in [5.41, 5.74) is 3.66. The predicted molar refractivity (Wildman–Crippen MR) is 99.8 cm³/mol. The van der Waals surface area contributed by atoms with Crippen LogP contribution in [-0.4, -0.2) is 25.8 Å². The fourth-order valence-electron chi connectivity index (χ4n) is 3.49. The second kappa shape index (κ2) is 6.34. The van der Waals surface area contributed by atoms with Gasteiger partial charge in [-0.3, -0.25) is 9.48 Å². The number of halogens is 1. The molecule has 3 aromatic rings. The minimum atomic E-state index is -0.158. The maximum absolute atomic E-state index is 13.1. The first kappa shape index (κ1) is 16.7. The lowest BCUT2D eigenvalue weighted by Gasteiger charge is -2.10. The van der Waals surface area contributed by atoms with Crippen molar-refractivity contribution in [3.05, 3.63) is 39.9 Å². The minimum Gasteiger partial charge on any atom is -0.346 e. The van der Waals surface area contributed by atoms with Gasteiger partial charge < -0.3 is 9.84 Å². The molecule has 2 aliphatic rings. The van der Waals surface area contributed by atoms with Crippen molar-refractivity contribution in [2.45, 2.75) is 57.5 Å². The van der Waals surface area contributed by atoms with Crippen LogP contribution in [0.3, 0.4) is 0 Å². The number of carbonyl (C=O) groups excluding carboxylic acids is 1.